The van der Waals surface area contributed by atoms with Gasteiger partial charge in [0.2, 0.25) is 0 Å². The van der Waals surface area contributed by atoms with Crippen LogP contribution in [0.5, 0.6) is 0 Å². The molecule has 2 amide bonds. The van der Waals surface area contributed by atoms with Gasteiger partial charge < -0.3 is 4.90 Å². The van der Waals surface area contributed by atoms with Crippen LogP contribution < -0.4 is 15.1 Å². The first-order valence-electron chi connectivity index (χ1n) is 7.92. The Kier molecular flexibility index (Phi) is 5.64. The largest absolute Gasteiger partial charge is 0.377 e. The zero-order valence-corrected chi connectivity index (χ0v) is 17.7. The normalized spacial score (nSPS) is 15.9. The molecule has 0 spiro atoms. The van der Waals surface area contributed by atoms with Crippen LogP contribution in [0.2, 0.25) is 5.02 Å². The maximum Gasteiger partial charge on any atom is 0.270 e. The lowest BCUT2D eigenvalue weighted by Crippen LogP contribution is -2.54. The quantitative estimate of drug-likeness (QED) is 0.424. The summed E-state index contributed by atoms with van der Waals surface area (Å²) in [5.41, 5.74) is 2.24. The summed E-state index contributed by atoms with van der Waals surface area (Å²) in [7, 11) is 3.86. The Hall–Kier alpha value is -2.22. The summed E-state index contributed by atoms with van der Waals surface area (Å²) in [6.07, 6.45) is 1.55. The van der Waals surface area contributed by atoms with Gasteiger partial charge >= 0.3 is 0 Å². The number of nitrogens with one attached hydrogen (secondary N) is 1. The first-order valence-corrected chi connectivity index (χ1v) is 9.50. The van der Waals surface area contributed by atoms with Crippen LogP contribution in [0, 0.1) is 0 Å². The highest BCUT2D eigenvalue weighted by atomic mass is 79.9. The lowest BCUT2D eigenvalue weighted by atomic mass is 10.1. The third-order valence-electron chi connectivity index (χ3n) is 3.95. The monoisotopic (exact) mass is 463 g/mol. The summed E-state index contributed by atoms with van der Waals surface area (Å²) in [4.78, 5) is 28.5. The number of hydrogen-bond acceptors (Lipinski definition) is 4. The van der Waals surface area contributed by atoms with Gasteiger partial charge in [0.1, 0.15) is 5.57 Å². The SMILES string of the molecule is CN(C)c1ccc(/C=C2\C(=O)NC(=S)N(c3ccc(Cl)cc3)C2=O)cc1Br. The van der Waals surface area contributed by atoms with E-state index < -0.39 is 11.8 Å². The van der Waals surface area contributed by atoms with E-state index in [1.54, 1.807) is 30.3 Å². The summed E-state index contributed by atoms with van der Waals surface area (Å²) >= 11 is 14.6. The second kappa shape index (κ2) is 7.80. The minimum Gasteiger partial charge on any atom is -0.377 e. The van der Waals surface area contributed by atoms with Crippen molar-refractivity contribution < 1.29 is 9.59 Å². The van der Waals surface area contributed by atoms with Crippen LogP contribution in [-0.4, -0.2) is 31.0 Å². The van der Waals surface area contributed by atoms with Gasteiger partial charge in [-0.2, -0.15) is 0 Å². The molecule has 1 fully saturated rings. The lowest BCUT2D eigenvalue weighted by Gasteiger charge is -2.29. The molecular formula is C19H15BrClN3O2S. The van der Waals surface area contributed by atoms with E-state index in [1.807, 2.05) is 37.2 Å². The van der Waals surface area contributed by atoms with Gasteiger partial charge in [0.25, 0.3) is 11.8 Å². The van der Waals surface area contributed by atoms with Crippen molar-refractivity contribution in [3.05, 3.63) is 63.1 Å². The Balaban J connectivity index is 1.99. The predicted molar refractivity (Wildman–Crippen MR) is 116 cm³/mol. The molecule has 2 aromatic rings. The third-order valence-corrected chi connectivity index (χ3v) is 5.12. The van der Waals surface area contributed by atoms with Gasteiger partial charge in [-0.1, -0.05) is 17.7 Å². The Bertz CT molecular complexity index is 973. The zero-order chi connectivity index (χ0) is 19.7. The second-order valence-electron chi connectivity index (χ2n) is 6.04. The predicted octanol–water partition coefficient (Wildman–Crippen LogP) is 4.00. The van der Waals surface area contributed by atoms with Crippen molar-refractivity contribution in [1.29, 1.82) is 0 Å². The molecule has 5 nitrogen and oxygen atoms in total. The van der Waals surface area contributed by atoms with E-state index in [0.717, 1.165) is 15.7 Å². The van der Waals surface area contributed by atoms with Crippen molar-refractivity contribution in [3.8, 4) is 0 Å². The van der Waals surface area contributed by atoms with Crippen molar-refractivity contribution in [1.82, 2.24) is 5.32 Å². The zero-order valence-electron chi connectivity index (χ0n) is 14.5. The van der Waals surface area contributed by atoms with E-state index in [2.05, 4.69) is 21.2 Å². The van der Waals surface area contributed by atoms with E-state index in [1.165, 1.54) is 4.90 Å². The topological polar surface area (TPSA) is 52.7 Å². The molecule has 0 unspecified atom stereocenters. The van der Waals surface area contributed by atoms with Gasteiger partial charge in [0, 0.05) is 23.6 Å². The fourth-order valence-corrected chi connectivity index (χ4v) is 3.78. The molecule has 8 heteroatoms. The molecule has 1 saturated heterocycles. The Labute approximate surface area is 175 Å². The highest BCUT2D eigenvalue weighted by molar-refractivity contribution is 9.10. The molecule has 0 atom stereocenters. The molecule has 0 saturated carbocycles. The molecule has 0 aliphatic carbocycles. The molecule has 3 rings (SSSR count). The smallest absolute Gasteiger partial charge is 0.270 e. The van der Waals surface area contributed by atoms with Crippen LogP contribution in [0.15, 0.2) is 52.5 Å². The molecule has 0 aromatic heterocycles. The van der Waals surface area contributed by atoms with Crippen molar-refractivity contribution in [3.63, 3.8) is 0 Å². The maximum absolute atomic E-state index is 13.0. The van der Waals surface area contributed by atoms with Crippen LogP contribution in [0.3, 0.4) is 0 Å². The fraction of sp³-hybridized carbons (Fsp3) is 0.105. The second-order valence-corrected chi connectivity index (χ2v) is 7.72. The fourth-order valence-electron chi connectivity index (χ4n) is 2.62. The number of hydrogen-bond donors (Lipinski definition) is 1. The molecule has 138 valence electrons. The van der Waals surface area contributed by atoms with Crippen LogP contribution in [0.4, 0.5) is 11.4 Å². The number of carbonyl (C=O) groups excluding carboxylic acids is 2. The van der Waals surface area contributed by atoms with E-state index in [9.17, 15) is 9.59 Å². The minimum absolute atomic E-state index is 0.00283. The molecule has 2 aromatic carbocycles. The average Bonchev–Trinajstić information content (AvgIpc) is 2.60. The average molecular weight is 465 g/mol. The molecule has 0 radical (unpaired) electrons. The number of carbonyl (C=O) groups is 2. The van der Waals surface area contributed by atoms with Gasteiger partial charge in [0.05, 0.1) is 11.4 Å². The highest BCUT2D eigenvalue weighted by Gasteiger charge is 2.34. The first kappa shape index (κ1) is 19.5. The standard InChI is InChI=1S/C19H15BrClN3O2S/c1-23(2)16-8-3-11(10-15(16)20)9-14-17(25)22-19(27)24(18(14)26)13-6-4-12(21)5-7-13/h3-10H,1-2H3,(H,22,25,27)/b14-9+. The van der Waals surface area contributed by atoms with Gasteiger partial charge in [-0.3, -0.25) is 19.8 Å². The number of rotatable bonds is 3. The van der Waals surface area contributed by atoms with Gasteiger partial charge in [-0.05, 0) is 76.2 Å². The van der Waals surface area contributed by atoms with Crippen molar-refractivity contribution in [2.45, 2.75) is 0 Å². The summed E-state index contributed by atoms with van der Waals surface area (Å²) in [6, 6.07) is 12.3. The van der Waals surface area contributed by atoms with Crippen LogP contribution in [0.1, 0.15) is 5.56 Å². The molecule has 1 aliphatic rings. The number of nitrogens with zero attached hydrogens (tertiary/aromatic N) is 2. The van der Waals surface area contributed by atoms with E-state index in [-0.39, 0.29) is 10.7 Å². The Morgan fingerprint density at radius 1 is 1.15 bits per heavy atom. The number of benzene rings is 2. The summed E-state index contributed by atoms with van der Waals surface area (Å²) in [5, 5.41) is 3.14. The number of halogens is 2. The molecule has 27 heavy (non-hydrogen) atoms. The Morgan fingerprint density at radius 3 is 2.41 bits per heavy atom. The number of amides is 2. The molecule has 1 heterocycles. The first-order chi connectivity index (χ1) is 12.8. The summed E-state index contributed by atoms with van der Waals surface area (Å²) in [5.74, 6) is -1.01. The molecular weight excluding hydrogens is 450 g/mol. The minimum atomic E-state index is -0.525. The van der Waals surface area contributed by atoms with Crippen molar-refractivity contribution >= 4 is 74.1 Å². The van der Waals surface area contributed by atoms with Crippen molar-refractivity contribution in [2.75, 3.05) is 23.9 Å². The van der Waals surface area contributed by atoms with Crippen LogP contribution in [-0.2, 0) is 9.59 Å². The van der Waals surface area contributed by atoms with Gasteiger partial charge in [-0.15, -0.1) is 0 Å². The molecule has 1 N–H and O–H groups in total. The highest BCUT2D eigenvalue weighted by Crippen LogP contribution is 2.28. The number of thiocarbonyl (C=S) groups is 1. The van der Waals surface area contributed by atoms with E-state index in [0.29, 0.717) is 10.7 Å². The Morgan fingerprint density at radius 2 is 1.81 bits per heavy atom. The summed E-state index contributed by atoms with van der Waals surface area (Å²) < 4.78 is 0.857. The maximum atomic E-state index is 13.0. The van der Waals surface area contributed by atoms with Gasteiger partial charge in [-0.25, -0.2) is 0 Å². The van der Waals surface area contributed by atoms with Crippen molar-refractivity contribution in [2.24, 2.45) is 0 Å². The van der Waals surface area contributed by atoms with Crippen LogP contribution in [0.25, 0.3) is 6.08 Å². The summed E-state index contributed by atoms with van der Waals surface area (Å²) in [6.45, 7) is 0. The van der Waals surface area contributed by atoms with Crippen LogP contribution >= 0.6 is 39.7 Å². The molecule has 1 aliphatic heterocycles. The van der Waals surface area contributed by atoms with Gasteiger partial charge in [0.15, 0.2) is 5.11 Å². The lowest BCUT2D eigenvalue weighted by molar-refractivity contribution is -0.122. The van der Waals surface area contributed by atoms with E-state index >= 15 is 0 Å². The molecule has 0 bridgehead atoms. The van der Waals surface area contributed by atoms with E-state index in [4.69, 9.17) is 23.8 Å². The third kappa shape index (κ3) is 4.05. The number of anilines is 2.